The summed E-state index contributed by atoms with van der Waals surface area (Å²) in [6, 6.07) is 0. The predicted molar refractivity (Wildman–Crippen MR) is 29.2 cm³/mol. The van der Waals surface area contributed by atoms with E-state index in [1.54, 1.807) is 5.06 Å². The first-order valence-corrected chi connectivity index (χ1v) is 2.89. The second-order valence-corrected chi connectivity index (χ2v) is 1.67. The van der Waals surface area contributed by atoms with E-state index in [1.165, 1.54) is 0 Å². The van der Waals surface area contributed by atoms with Gasteiger partial charge in [0.2, 0.25) is 0 Å². The molecule has 1 aliphatic heterocycles. The van der Waals surface area contributed by atoms with Crippen LogP contribution in [0.2, 0.25) is 0 Å². The smallest absolute Gasteiger partial charge is 0.122 e. The lowest BCUT2D eigenvalue weighted by molar-refractivity contribution is -0.253. The van der Waals surface area contributed by atoms with Crippen molar-refractivity contribution in [3.05, 3.63) is 0 Å². The maximum Gasteiger partial charge on any atom is 0.122 e. The second kappa shape index (κ2) is 3.02. The van der Waals surface area contributed by atoms with Crippen LogP contribution in [-0.4, -0.2) is 31.6 Å². The van der Waals surface area contributed by atoms with E-state index in [0.29, 0.717) is 13.3 Å². The van der Waals surface area contributed by atoms with E-state index in [1.807, 2.05) is 6.92 Å². The Morgan fingerprint density at radius 3 is 2.75 bits per heavy atom. The molecule has 0 spiro atoms. The Morgan fingerprint density at radius 2 is 2.38 bits per heavy atom. The fraction of sp³-hybridized carbons (Fsp3) is 1.00. The van der Waals surface area contributed by atoms with Crippen LogP contribution in [-0.2, 0) is 9.57 Å². The van der Waals surface area contributed by atoms with Gasteiger partial charge in [-0.3, -0.25) is 4.84 Å². The molecule has 0 amide bonds. The Hall–Kier alpha value is -0.120. The van der Waals surface area contributed by atoms with Crippen LogP contribution in [0.25, 0.3) is 0 Å². The van der Waals surface area contributed by atoms with Gasteiger partial charge in [-0.15, -0.1) is 0 Å². The monoisotopic (exact) mass is 117 g/mol. The Morgan fingerprint density at radius 1 is 1.50 bits per heavy atom. The molecule has 0 aromatic rings. The molecule has 3 nitrogen and oxygen atoms in total. The number of hydroxylamine groups is 2. The van der Waals surface area contributed by atoms with Crippen molar-refractivity contribution in [2.75, 3.05) is 26.5 Å². The highest BCUT2D eigenvalue weighted by Gasteiger charge is 2.06. The van der Waals surface area contributed by atoms with Crippen molar-refractivity contribution < 1.29 is 9.57 Å². The van der Waals surface area contributed by atoms with Gasteiger partial charge in [0.25, 0.3) is 0 Å². The molecular weight excluding hydrogens is 106 g/mol. The first-order chi connectivity index (χ1) is 3.93. The molecule has 0 aliphatic carbocycles. The van der Waals surface area contributed by atoms with Crippen molar-refractivity contribution >= 4 is 0 Å². The molecule has 1 heterocycles. The molecule has 1 aliphatic rings. The van der Waals surface area contributed by atoms with E-state index in [0.717, 1.165) is 13.2 Å². The minimum Gasteiger partial charge on any atom is -0.361 e. The van der Waals surface area contributed by atoms with Crippen LogP contribution in [0.3, 0.4) is 0 Å². The van der Waals surface area contributed by atoms with Gasteiger partial charge in [0, 0.05) is 6.54 Å². The third kappa shape index (κ3) is 1.43. The molecule has 8 heavy (non-hydrogen) atoms. The van der Waals surface area contributed by atoms with Gasteiger partial charge in [-0.1, -0.05) is 0 Å². The normalized spacial score (nSPS) is 23.6. The zero-order valence-electron chi connectivity index (χ0n) is 5.09. The summed E-state index contributed by atoms with van der Waals surface area (Å²) < 4.78 is 5.07. The van der Waals surface area contributed by atoms with E-state index < -0.39 is 0 Å². The molecule has 1 rings (SSSR count). The number of rotatable bonds is 1. The minimum atomic E-state index is 0.622. The number of hydrogen-bond donors (Lipinski definition) is 0. The molecule has 0 aromatic heterocycles. The summed E-state index contributed by atoms with van der Waals surface area (Å²) in [7, 11) is 0. The van der Waals surface area contributed by atoms with Crippen molar-refractivity contribution in [2.45, 2.75) is 6.92 Å². The molecule has 0 atom stereocenters. The highest BCUT2D eigenvalue weighted by atomic mass is 16.7. The highest BCUT2D eigenvalue weighted by molar-refractivity contribution is 4.37. The zero-order chi connectivity index (χ0) is 5.82. The molecule has 0 N–H and O–H groups in total. The van der Waals surface area contributed by atoms with E-state index in [9.17, 15) is 0 Å². The van der Waals surface area contributed by atoms with Crippen LogP contribution < -0.4 is 0 Å². The fourth-order valence-corrected chi connectivity index (χ4v) is 0.612. The summed E-state index contributed by atoms with van der Waals surface area (Å²) in [5.74, 6) is 0. The average Bonchev–Trinajstić information content (AvgIpc) is 1.90. The van der Waals surface area contributed by atoms with Crippen LogP contribution in [0.4, 0.5) is 0 Å². The molecule has 0 saturated carbocycles. The third-order valence-electron chi connectivity index (χ3n) is 1.09. The lowest BCUT2D eigenvalue weighted by Crippen LogP contribution is -2.33. The van der Waals surface area contributed by atoms with E-state index in [-0.39, 0.29) is 0 Å². The minimum absolute atomic E-state index is 0.622. The van der Waals surface area contributed by atoms with E-state index in [4.69, 9.17) is 9.57 Å². The second-order valence-electron chi connectivity index (χ2n) is 1.67. The van der Waals surface area contributed by atoms with Crippen molar-refractivity contribution in [3.8, 4) is 0 Å². The Labute approximate surface area is 49.1 Å². The predicted octanol–water partition coefficient (Wildman–Crippen LogP) is 0.228. The van der Waals surface area contributed by atoms with Crippen LogP contribution in [0, 0.1) is 0 Å². The molecule has 3 heteroatoms. The Kier molecular flexibility index (Phi) is 2.27. The van der Waals surface area contributed by atoms with Crippen LogP contribution in [0.5, 0.6) is 0 Å². The first kappa shape index (κ1) is 6.01. The van der Waals surface area contributed by atoms with Gasteiger partial charge in [0.05, 0.1) is 13.2 Å². The van der Waals surface area contributed by atoms with Crippen LogP contribution in [0.1, 0.15) is 6.92 Å². The maximum atomic E-state index is 5.14. The quantitative estimate of drug-likeness (QED) is 0.490. The van der Waals surface area contributed by atoms with E-state index in [2.05, 4.69) is 0 Å². The number of hydrogen-bond acceptors (Lipinski definition) is 3. The number of nitrogens with zero attached hydrogens (tertiary/aromatic N) is 1. The lowest BCUT2D eigenvalue weighted by atomic mass is 10.7. The third-order valence-corrected chi connectivity index (χ3v) is 1.09. The van der Waals surface area contributed by atoms with Crippen molar-refractivity contribution in [1.82, 2.24) is 5.06 Å². The summed E-state index contributed by atoms with van der Waals surface area (Å²) in [4.78, 5) is 5.14. The number of ether oxygens (including phenoxy) is 1. The van der Waals surface area contributed by atoms with Crippen molar-refractivity contribution in [3.63, 3.8) is 0 Å². The molecule has 0 aromatic carbocycles. The van der Waals surface area contributed by atoms with E-state index >= 15 is 0 Å². The fourth-order valence-electron chi connectivity index (χ4n) is 0.612. The first-order valence-electron chi connectivity index (χ1n) is 2.89. The summed E-state index contributed by atoms with van der Waals surface area (Å²) in [5.41, 5.74) is 0. The zero-order valence-corrected chi connectivity index (χ0v) is 5.09. The maximum absolute atomic E-state index is 5.14. The van der Waals surface area contributed by atoms with Gasteiger partial charge in [0.1, 0.15) is 6.73 Å². The van der Waals surface area contributed by atoms with Crippen LogP contribution in [0.15, 0.2) is 0 Å². The molecule has 1 saturated heterocycles. The molecule has 0 unspecified atom stereocenters. The standard InChI is InChI=1S/C5H11NO2/c1-2-6-5-7-3-4-8-6/h2-5H2,1H3. The van der Waals surface area contributed by atoms with Gasteiger partial charge in [-0.2, -0.15) is 5.06 Å². The Bertz CT molecular complexity index is 61.4. The lowest BCUT2D eigenvalue weighted by Gasteiger charge is -2.24. The SMILES string of the molecule is CCN1COCCO1. The summed E-state index contributed by atoms with van der Waals surface area (Å²) in [6.45, 7) is 5.00. The molecular formula is C5H11NO2. The van der Waals surface area contributed by atoms with Gasteiger partial charge >= 0.3 is 0 Å². The van der Waals surface area contributed by atoms with Gasteiger partial charge in [0.15, 0.2) is 0 Å². The topological polar surface area (TPSA) is 21.7 Å². The molecule has 0 bridgehead atoms. The van der Waals surface area contributed by atoms with Crippen molar-refractivity contribution in [1.29, 1.82) is 0 Å². The Balaban J connectivity index is 2.13. The van der Waals surface area contributed by atoms with Gasteiger partial charge < -0.3 is 4.74 Å². The van der Waals surface area contributed by atoms with Crippen molar-refractivity contribution in [2.24, 2.45) is 0 Å². The molecule has 0 radical (unpaired) electrons. The highest BCUT2D eigenvalue weighted by Crippen LogP contribution is 1.95. The van der Waals surface area contributed by atoms with Crippen LogP contribution >= 0.6 is 0 Å². The largest absolute Gasteiger partial charge is 0.361 e. The van der Waals surface area contributed by atoms with Gasteiger partial charge in [-0.25, -0.2) is 0 Å². The summed E-state index contributed by atoms with van der Waals surface area (Å²) in [6.07, 6.45) is 0. The summed E-state index contributed by atoms with van der Waals surface area (Å²) in [5, 5.41) is 1.80. The molecule has 48 valence electrons. The molecule has 1 fully saturated rings. The average molecular weight is 117 g/mol. The summed E-state index contributed by atoms with van der Waals surface area (Å²) >= 11 is 0. The van der Waals surface area contributed by atoms with Gasteiger partial charge in [-0.05, 0) is 6.92 Å².